The lowest BCUT2D eigenvalue weighted by Crippen LogP contribution is -2.60. The predicted molar refractivity (Wildman–Crippen MR) is 128 cm³/mol. The maximum atomic E-state index is 12.9. The molecule has 0 saturated carbocycles. The Labute approximate surface area is 195 Å². The molecule has 3 aromatic rings. The highest BCUT2D eigenvalue weighted by Gasteiger charge is 2.37. The molecule has 1 fully saturated rings. The average molecular weight is 470 g/mol. The van der Waals surface area contributed by atoms with Crippen molar-refractivity contribution in [3.05, 3.63) is 63.4 Å². The van der Waals surface area contributed by atoms with Gasteiger partial charge >= 0.3 is 0 Å². The third-order valence-electron chi connectivity index (χ3n) is 5.84. The lowest BCUT2D eigenvalue weighted by molar-refractivity contribution is -0.135. The highest BCUT2D eigenvalue weighted by molar-refractivity contribution is 7.17. The number of aromatic nitrogens is 1. The molecule has 6 nitrogen and oxygen atoms in total. The zero-order valence-electron chi connectivity index (χ0n) is 17.6. The summed E-state index contributed by atoms with van der Waals surface area (Å²) in [6, 6.07) is 10.4. The van der Waals surface area contributed by atoms with E-state index in [2.05, 4.69) is 9.88 Å². The maximum Gasteiger partial charge on any atom is 0.246 e. The molecule has 1 N–H and O–H groups in total. The number of benzene rings is 1. The minimum Gasteiger partial charge on any atom is -0.507 e. The largest absolute Gasteiger partial charge is 0.507 e. The van der Waals surface area contributed by atoms with Gasteiger partial charge in [-0.3, -0.25) is 14.7 Å². The Morgan fingerprint density at radius 1 is 1.28 bits per heavy atom. The standard InChI is InChI=1S/C24H24ClN3O3S/c1-2-20-21(15-29)27(14-16-3-6-18-19(13-16)26-10-9-22(18)30)11-12-28(20)24(31)8-5-17-4-7-23(25)32-17/h3-10,13,15,20-21H,2,11-12,14H2,1H3,(H,26,30)/t20-,21?/m0/s1. The molecule has 3 heterocycles. The van der Waals surface area contributed by atoms with E-state index in [9.17, 15) is 14.7 Å². The van der Waals surface area contributed by atoms with Crippen LogP contribution in [0, 0.1) is 0 Å². The number of amides is 1. The first-order chi connectivity index (χ1) is 15.5. The van der Waals surface area contributed by atoms with Gasteiger partial charge in [0, 0.05) is 42.2 Å². The number of rotatable bonds is 6. The number of carbonyl (C=O) groups is 2. The maximum absolute atomic E-state index is 12.9. The van der Waals surface area contributed by atoms with Crippen LogP contribution < -0.4 is 0 Å². The van der Waals surface area contributed by atoms with Gasteiger partial charge in [0.15, 0.2) is 0 Å². The summed E-state index contributed by atoms with van der Waals surface area (Å²) in [7, 11) is 0. The van der Waals surface area contributed by atoms with Crippen LogP contribution in [0.4, 0.5) is 0 Å². The van der Waals surface area contributed by atoms with E-state index in [1.165, 1.54) is 11.3 Å². The second-order valence-electron chi connectivity index (χ2n) is 7.76. The molecule has 0 bridgehead atoms. The number of hydrogen-bond donors (Lipinski definition) is 1. The molecule has 1 unspecified atom stereocenters. The smallest absolute Gasteiger partial charge is 0.246 e. The molecule has 1 saturated heterocycles. The van der Waals surface area contributed by atoms with Crippen molar-refractivity contribution in [1.29, 1.82) is 0 Å². The Kier molecular flexibility index (Phi) is 6.89. The van der Waals surface area contributed by atoms with Gasteiger partial charge in [0.1, 0.15) is 12.0 Å². The summed E-state index contributed by atoms with van der Waals surface area (Å²) in [6.07, 6.45) is 6.53. The molecule has 1 aliphatic heterocycles. The van der Waals surface area contributed by atoms with E-state index < -0.39 is 6.04 Å². The molecule has 0 spiro atoms. The second kappa shape index (κ2) is 9.81. The monoisotopic (exact) mass is 469 g/mol. The van der Waals surface area contributed by atoms with Crippen molar-refractivity contribution in [3.63, 3.8) is 0 Å². The summed E-state index contributed by atoms with van der Waals surface area (Å²) < 4.78 is 0.678. The number of hydrogen-bond acceptors (Lipinski definition) is 6. The van der Waals surface area contributed by atoms with E-state index in [4.69, 9.17) is 11.6 Å². The third-order valence-corrected chi connectivity index (χ3v) is 7.04. The summed E-state index contributed by atoms with van der Waals surface area (Å²) in [4.78, 5) is 34.1. The van der Waals surface area contributed by atoms with E-state index in [0.29, 0.717) is 41.3 Å². The summed E-state index contributed by atoms with van der Waals surface area (Å²) in [5.74, 6) is 0.0987. The zero-order valence-corrected chi connectivity index (χ0v) is 19.2. The Hall–Kier alpha value is -2.74. The van der Waals surface area contributed by atoms with Gasteiger partial charge in [-0.2, -0.15) is 0 Å². The van der Waals surface area contributed by atoms with Gasteiger partial charge in [-0.25, -0.2) is 0 Å². The van der Waals surface area contributed by atoms with Crippen molar-refractivity contribution < 1.29 is 14.7 Å². The molecule has 0 radical (unpaired) electrons. The van der Waals surface area contributed by atoms with Gasteiger partial charge in [-0.15, -0.1) is 11.3 Å². The quantitative estimate of drug-likeness (QED) is 0.429. The van der Waals surface area contributed by atoms with Gasteiger partial charge in [-0.05, 0) is 48.4 Å². The summed E-state index contributed by atoms with van der Waals surface area (Å²) in [6.45, 7) is 3.70. The number of halogens is 1. The molecule has 166 valence electrons. The lowest BCUT2D eigenvalue weighted by Gasteiger charge is -2.45. The van der Waals surface area contributed by atoms with Crippen LogP contribution in [0.25, 0.3) is 17.0 Å². The zero-order chi connectivity index (χ0) is 22.7. The normalized spacial score (nSPS) is 19.6. The van der Waals surface area contributed by atoms with Crippen LogP contribution in [0.15, 0.2) is 48.7 Å². The second-order valence-corrected chi connectivity index (χ2v) is 9.51. The minimum atomic E-state index is -0.393. The number of thiophene rings is 1. The highest BCUT2D eigenvalue weighted by atomic mass is 35.5. The molecule has 1 aromatic carbocycles. The van der Waals surface area contributed by atoms with Gasteiger partial charge in [0.05, 0.1) is 21.9 Å². The van der Waals surface area contributed by atoms with Crippen molar-refractivity contribution in [2.75, 3.05) is 13.1 Å². The van der Waals surface area contributed by atoms with Crippen LogP contribution in [0.1, 0.15) is 23.8 Å². The Balaban J connectivity index is 1.50. The van der Waals surface area contributed by atoms with E-state index in [1.54, 1.807) is 35.4 Å². The van der Waals surface area contributed by atoms with Crippen molar-refractivity contribution in [2.45, 2.75) is 32.0 Å². The molecule has 2 atom stereocenters. The first kappa shape index (κ1) is 22.5. The first-order valence-electron chi connectivity index (χ1n) is 10.5. The van der Waals surface area contributed by atoms with Crippen LogP contribution in [-0.4, -0.2) is 57.3 Å². The number of piperazine rings is 1. The number of fused-ring (bicyclic) bond motifs is 1. The average Bonchev–Trinajstić information content (AvgIpc) is 3.22. The minimum absolute atomic E-state index is 0.0988. The van der Waals surface area contributed by atoms with Crippen LogP contribution in [-0.2, 0) is 16.1 Å². The SMILES string of the molecule is CC[C@H]1C(C=O)N(Cc2ccc3c(O)ccnc3c2)CCN1C(=O)C=Cc1ccc(Cl)s1. The lowest BCUT2D eigenvalue weighted by atomic mass is 9.98. The molecule has 32 heavy (non-hydrogen) atoms. The molecular weight excluding hydrogens is 446 g/mol. The number of aromatic hydroxyl groups is 1. The predicted octanol–water partition coefficient (Wildman–Crippen LogP) is 4.36. The Bertz CT molecular complexity index is 1160. The van der Waals surface area contributed by atoms with Crippen molar-refractivity contribution in [3.8, 4) is 5.75 Å². The van der Waals surface area contributed by atoms with Crippen molar-refractivity contribution >= 4 is 52.1 Å². The molecule has 1 aliphatic rings. The fourth-order valence-corrected chi connectivity index (χ4v) is 5.22. The van der Waals surface area contributed by atoms with Gasteiger partial charge in [-0.1, -0.05) is 24.6 Å². The third kappa shape index (κ3) is 4.70. The first-order valence-corrected chi connectivity index (χ1v) is 11.7. The number of nitrogens with zero attached hydrogens (tertiary/aromatic N) is 3. The van der Waals surface area contributed by atoms with Crippen LogP contribution in [0.5, 0.6) is 5.75 Å². The van der Waals surface area contributed by atoms with Crippen LogP contribution >= 0.6 is 22.9 Å². The molecular formula is C24H24ClN3O3S. The summed E-state index contributed by atoms with van der Waals surface area (Å²) in [5.41, 5.74) is 1.72. The number of carbonyl (C=O) groups excluding carboxylic acids is 2. The fraction of sp³-hybridized carbons (Fsp3) is 0.292. The summed E-state index contributed by atoms with van der Waals surface area (Å²) >= 11 is 7.37. The fourth-order valence-electron chi connectivity index (χ4n) is 4.25. The van der Waals surface area contributed by atoms with Gasteiger partial charge < -0.3 is 14.8 Å². The van der Waals surface area contributed by atoms with Gasteiger partial charge in [0.2, 0.25) is 5.91 Å². The topological polar surface area (TPSA) is 73.7 Å². The van der Waals surface area contributed by atoms with E-state index in [0.717, 1.165) is 16.7 Å². The molecule has 0 aliphatic carbocycles. The molecule has 4 rings (SSSR count). The summed E-state index contributed by atoms with van der Waals surface area (Å²) in [5, 5.41) is 10.7. The molecule has 8 heteroatoms. The van der Waals surface area contributed by atoms with Crippen LogP contribution in [0.2, 0.25) is 4.34 Å². The number of pyridine rings is 1. The highest BCUT2D eigenvalue weighted by Crippen LogP contribution is 2.26. The Morgan fingerprint density at radius 3 is 2.84 bits per heavy atom. The Morgan fingerprint density at radius 2 is 2.12 bits per heavy atom. The van der Waals surface area contributed by atoms with Gasteiger partial charge in [0.25, 0.3) is 0 Å². The van der Waals surface area contributed by atoms with Crippen LogP contribution in [0.3, 0.4) is 0 Å². The number of aldehydes is 1. The molecule has 1 amide bonds. The van der Waals surface area contributed by atoms with E-state index >= 15 is 0 Å². The molecule has 2 aromatic heterocycles. The van der Waals surface area contributed by atoms with E-state index in [1.807, 2.05) is 31.2 Å². The van der Waals surface area contributed by atoms with E-state index in [-0.39, 0.29) is 17.7 Å². The van der Waals surface area contributed by atoms with Crippen molar-refractivity contribution in [2.24, 2.45) is 0 Å². The van der Waals surface area contributed by atoms with Crippen molar-refractivity contribution in [1.82, 2.24) is 14.8 Å².